The standard InChI is InChI=1S/C11H19N3OS2/c1-4-11(3,12)10-13-9(14-15-10)8-7(2)16-5-6-17-8/h7-8H,4-6,12H2,1-3H3. The van der Waals surface area contributed by atoms with Crippen molar-refractivity contribution in [2.45, 2.75) is 43.2 Å². The Morgan fingerprint density at radius 3 is 2.82 bits per heavy atom. The van der Waals surface area contributed by atoms with Gasteiger partial charge in [-0.1, -0.05) is 19.0 Å². The second-order valence-corrected chi connectivity index (χ2v) is 7.33. The fourth-order valence-corrected chi connectivity index (χ4v) is 4.33. The fourth-order valence-electron chi connectivity index (χ4n) is 1.65. The van der Waals surface area contributed by atoms with E-state index in [0.29, 0.717) is 16.4 Å². The minimum atomic E-state index is -0.513. The Balaban J connectivity index is 2.17. The van der Waals surface area contributed by atoms with Crippen molar-refractivity contribution in [2.24, 2.45) is 5.73 Å². The Hall–Kier alpha value is -0.200. The number of nitrogens with two attached hydrogens (primary N) is 1. The lowest BCUT2D eigenvalue weighted by atomic mass is 10.0. The third-order valence-electron chi connectivity index (χ3n) is 3.11. The Morgan fingerprint density at radius 1 is 1.47 bits per heavy atom. The predicted molar refractivity (Wildman–Crippen MR) is 73.2 cm³/mol. The maximum atomic E-state index is 6.11. The molecule has 1 aromatic heterocycles. The van der Waals surface area contributed by atoms with Gasteiger partial charge in [0.2, 0.25) is 5.89 Å². The summed E-state index contributed by atoms with van der Waals surface area (Å²) in [6.07, 6.45) is 0.788. The number of hydrogen-bond donors (Lipinski definition) is 1. The number of nitrogens with zero attached hydrogens (tertiary/aromatic N) is 2. The minimum absolute atomic E-state index is 0.332. The average molecular weight is 273 g/mol. The molecule has 6 heteroatoms. The summed E-state index contributed by atoms with van der Waals surface area (Å²) in [6, 6.07) is 0. The normalized spacial score (nSPS) is 28.9. The first-order valence-corrected chi connectivity index (χ1v) is 8.00. The molecule has 4 nitrogen and oxygen atoms in total. The maximum Gasteiger partial charge on any atom is 0.246 e. The Labute approximate surface area is 110 Å². The van der Waals surface area contributed by atoms with Crippen LogP contribution >= 0.6 is 23.5 Å². The van der Waals surface area contributed by atoms with Crippen molar-refractivity contribution in [3.05, 3.63) is 11.7 Å². The molecule has 0 saturated carbocycles. The molecule has 1 saturated heterocycles. The van der Waals surface area contributed by atoms with Gasteiger partial charge in [-0.25, -0.2) is 0 Å². The molecular weight excluding hydrogens is 254 g/mol. The van der Waals surface area contributed by atoms with Gasteiger partial charge < -0.3 is 10.3 Å². The van der Waals surface area contributed by atoms with E-state index >= 15 is 0 Å². The molecule has 2 rings (SSSR count). The number of rotatable bonds is 3. The highest BCUT2D eigenvalue weighted by molar-refractivity contribution is 8.06. The lowest BCUT2D eigenvalue weighted by Crippen LogP contribution is -2.32. The second-order valence-electron chi connectivity index (χ2n) is 4.60. The molecule has 0 aromatic carbocycles. The van der Waals surface area contributed by atoms with Crippen LogP contribution in [0.1, 0.15) is 44.2 Å². The molecule has 2 N–H and O–H groups in total. The molecule has 17 heavy (non-hydrogen) atoms. The van der Waals surface area contributed by atoms with Gasteiger partial charge in [-0.2, -0.15) is 16.7 Å². The molecule has 0 radical (unpaired) electrons. The molecule has 96 valence electrons. The van der Waals surface area contributed by atoms with E-state index < -0.39 is 5.54 Å². The largest absolute Gasteiger partial charge is 0.337 e. The van der Waals surface area contributed by atoms with Crippen molar-refractivity contribution in [1.29, 1.82) is 0 Å². The van der Waals surface area contributed by atoms with E-state index in [1.54, 1.807) is 0 Å². The van der Waals surface area contributed by atoms with Gasteiger partial charge in [0.15, 0.2) is 5.82 Å². The minimum Gasteiger partial charge on any atom is -0.337 e. The summed E-state index contributed by atoms with van der Waals surface area (Å²) in [5, 5.41) is 4.97. The third kappa shape index (κ3) is 2.80. The molecule has 0 spiro atoms. The summed E-state index contributed by atoms with van der Waals surface area (Å²) < 4.78 is 5.31. The molecule has 0 bridgehead atoms. The lowest BCUT2D eigenvalue weighted by Gasteiger charge is -2.25. The zero-order valence-corrected chi connectivity index (χ0v) is 12.1. The molecule has 3 atom stereocenters. The molecule has 2 heterocycles. The van der Waals surface area contributed by atoms with Gasteiger partial charge in [-0.3, -0.25) is 0 Å². The summed E-state index contributed by atoms with van der Waals surface area (Å²) >= 11 is 3.88. The van der Waals surface area contributed by atoms with Gasteiger partial charge in [0, 0.05) is 16.8 Å². The van der Waals surface area contributed by atoms with Crippen molar-refractivity contribution < 1.29 is 4.52 Å². The Bertz CT molecular complexity index is 381. The Kier molecular flexibility index (Phi) is 4.05. The summed E-state index contributed by atoms with van der Waals surface area (Å²) in [5.41, 5.74) is 5.59. The highest BCUT2D eigenvalue weighted by Crippen LogP contribution is 2.41. The molecule has 1 aliphatic heterocycles. The van der Waals surface area contributed by atoms with Crippen molar-refractivity contribution >= 4 is 23.5 Å². The number of hydrogen-bond acceptors (Lipinski definition) is 6. The molecular formula is C11H19N3OS2. The van der Waals surface area contributed by atoms with Gasteiger partial charge in [0.25, 0.3) is 0 Å². The van der Waals surface area contributed by atoms with E-state index in [9.17, 15) is 0 Å². The van der Waals surface area contributed by atoms with Gasteiger partial charge in [-0.05, 0) is 13.3 Å². The SMILES string of the molecule is CCC(C)(N)c1nc(C2SCCSC2C)no1. The zero-order chi connectivity index (χ0) is 12.5. The van der Waals surface area contributed by atoms with E-state index in [1.165, 1.54) is 5.75 Å². The van der Waals surface area contributed by atoms with Gasteiger partial charge >= 0.3 is 0 Å². The lowest BCUT2D eigenvalue weighted by molar-refractivity contribution is 0.290. The smallest absolute Gasteiger partial charge is 0.246 e. The maximum absolute atomic E-state index is 6.11. The number of aromatic nitrogens is 2. The van der Waals surface area contributed by atoms with E-state index in [1.807, 2.05) is 37.4 Å². The molecule has 0 aliphatic carbocycles. The average Bonchev–Trinajstić information content (AvgIpc) is 2.79. The van der Waals surface area contributed by atoms with Gasteiger partial charge in [0.05, 0.1) is 10.8 Å². The predicted octanol–water partition coefficient (Wildman–Crippen LogP) is 2.56. The van der Waals surface area contributed by atoms with Crippen molar-refractivity contribution in [3.8, 4) is 0 Å². The van der Waals surface area contributed by atoms with Crippen LogP contribution in [0.2, 0.25) is 0 Å². The molecule has 1 aromatic rings. The van der Waals surface area contributed by atoms with Crippen LogP contribution in [0.4, 0.5) is 0 Å². The summed E-state index contributed by atoms with van der Waals surface area (Å²) in [4.78, 5) is 4.49. The van der Waals surface area contributed by atoms with Crippen LogP contribution in [0.25, 0.3) is 0 Å². The summed E-state index contributed by atoms with van der Waals surface area (Å²) in [7, 11) is 0. The quantitative estimate of drug-likeness (QED) is 0.913. The van der Waals surface area contributed by atoms with Crippen LogP contribution in [-0.4, -0.2) is 26.9 Å². The summed E-state index contributed by atoms with van der Waals surface area (Å²) in [6.45, 7) is 6.17. The monoisotopic (exact) mass is 273 g/mol. The van der Waals surface area contributed by atoms with Crippen LogP contribution < -0.4 is 5.73 Å². The van der Waals surface area contributed by atoms with E-state index in [4.69, 9.17) is 10.3 Å². The highest BCUT2D eigenvalue weighted by atomic mass is 32.2. The van der Waals surface area contributed by atoms with Crippen molar-refractivity contribution in [1.82, 2.24) is 10.1 Å². The first-order valence-electron chi connectivity index (χ1n) is 5.90. The van der Waals surface area contributed by atoms with E-state index in [0.717, 1.165) is 18.0 Å². The van der Waals surface area contributed by atoms with Crippen LogP contribution in [0.3, 0.4) is 0 Å². The topological polar surface area (TPSA) is 64.9 Å². The first kappa shape index (κ1) is 13.2. The van der Waals surface area contributed by atoms with Crippen LogP contribution in [0, 0.1) is 0 Å². The van der Waals surface area contributed by atoms with Crippen LogP contribution in [0.5, 0.6) is 0 Å². The molecule has 3 unspecified atom stereocenters. The van der Waals surface area contributed by atoms with E-state index in [-0.39, 0.29) is 0 Å². The molecule has 1 aliphatic rings. The van der Waals surface area contributed by atoms with Gasteiger partial charge in [-0.15, -0.1) is 11.8 Å². The fraction of sp³-hybridized carbons (Fsp3) is 0.818. The summed E-state index contributed by atoms with van der Waals surface area (Å²) in [5.74, 6) is 3.71. The Morgan fingerprint density at radius 2 is 2.18 bits per heavy atom. The van der Waals surface area contributed by atoms with Crippen molar-refractivity contribution in [2.75, 3.05) is 11.5 Å². The third-order valence-corrected chi connectivity index (χ3v) is 6.19. The molecule has 1 fully saturated rings. The first-order chi connectivity index (χ1) is 8.04. The van der Waals surface area contributed by atoms with Crippen LogP contribution in [-0.2, 0) is 5.54 Å². The number of thioether (sulfide) groups is 2. The van der Waals surface area contributed by atoms with Gasteiger partial charge in [0.1, 0.15) is 0 Å². The zero-order valence-electron chi connectivity index (χ0n) is 10.5. The van der Waals surface area contributed by atoms with E-state index in [2.05, 4.69) is 17.1 Å². The molecule has 0 amide bonds. The second kappa shape index (κ2) is 5.20. The van der Waals surface area contributed by atoms with Crippen molar-refractivity contribution in [3.63, 3.8) is 0 Å². The van der Waals surface area contributed by atoms with Crippen LogP contribution in [0.15, 0.2) is 4.52 Å². The highest BCUT2D eigenvalue weighted by Gasteiger charge is 2.32.